The van der Waals surface area contributed by atoms with Gasteiger partial charge in [-0.05, 0) is 19.1 Å². The fraction of sp³-hybridized carbons (Fsp3) is 0.273. The Morgan fingerprint density at radius 2 is 2.00 bits per heavy atom. The molecular formula is C11H11FN2O2. The highest BCUT2D eigenvalue weighted by molar-refractivity contribution is 6.19. The average molecular weight is 222 g/mol. The molecular weight excluding hydrogens is 211 g/mol. The van der Waals surface area contributed by atoms with Crippen LogP contribution in [0.5, 0.6) is 0 Å². The first-order valence-corrected chi connectivity index (χ1v) is 5.01. The molecule has 16 heavy (non-hydrogen) atoms. The van der Waals surface area contributed by atoms with Crippen molar-refractivity contribution < 1.29 is 14.0 Å². The summed E-state index contributed by atoms with van der Waals surface area (Å²) in [6, 6.07) is 5.29. The second-order valence-electron chi connectivity index (χ2n) is 3.48. The van der Waals surface area contributed by atoms with Gasteiger partial charge in [-0.2, -0.15) is 0 Å². The maximum atomic E-state index is 13.5. The van der Waals surface area contributed by atoms with Crippen LogP contribution >= 0.6 is 0 Å². The number of anilines is 1. The number of carbonyl (C=O) groups excluding carboxylic acids is 2. The molecule has 0 atom stereocenters. The predicted molar refractivity (Wildman–Crippen MR) is 56.5 cm³/mol. The van der Waals surface area contributed by atoms with E-state index in [2.05, 4.69) is 0 Å². The van der Waals surface area contributed by atoms with E-state index in [1.165, 1.54) is 23.1 Å². The zero-order valence-corrected chi connectivity index (χ0v) is 8.81. The lowest BCUT2D eigenvalue weighted by molar-refractivity contribution is -0.116. The Morgan fingerprint density at radius 1 is 1.31 bits per heavy atom. The van der Waals surface area contributed by atoms with Crippen molar-refractivity contribution in [3.8, 4) is 0 Å². The first-order chi connectivity index (χ1) is 7.65. The normalized spacial score (nSPS) is 16.1. The summed E-state index contributed by atoms with van der Waals surface area (Å²) in [6.07, 6.45) is 0. The Kier molecular flexibility index (Phi) is 2.60. The van der Waals surface area contributed by atoms with Gasteiger partial charge in [-0.1, -0.05) is 12.1 Å². The van der Waals surface area contributed by atoms with Gasteiger partial charge in [-0.3, -0.25) is 4.79 Å². The zero-order chi connectivity index (χ0) is 11.7. The van der Waals surface area contributed by atoms with Crippen molar-refractivity contribution in [1.82, 2.24) is 4.90 Å². The molecule has 3 amide bonds. The summed E-state index contributed by atoms with van der Waals surface area (Å²) < 4.78 is 13.5. The maximum Gasteiger partial charge on any atom is 0.331 e. The Bertz CT molecular complexity index is 447. The fourth-order valence-electron chi connectivity index (χ4n) is 1.67. The number of halogens is 1. The summed E-state index contributed by atoms with van der Waals surface area (Å²) in [4.78, 5) is 25.6. The van der Waals surface area contributed by atoms with Gasteiger partial charge in [-0.15, -0.1) is 0 Å². The van der Waals surface area contributed by atoms with Crippen molar-refractivity contribution in [3.05, 3.63) is 30.1 Å². The monoisotopic (exact) mass is 222 g/mol. The van der Waals surface area contributed by atoms with E-state index in [4.69, 9.17) is 0 Å². The second-order valence-corrected chi connectivity index (χ2v) is 3.48. The number of rotatable bonds is 2. The third-order valence-corrected chi connectivity index (χ3v) is 2.51. The molecule has 0 saturated carbocycles. The molecule has 4 nitrogen and oxygen atoms in total. The lowest BCUT2D eigenvalue weighted by Crippen LogP contribution is -2.33. The number of imide groups is 1. The highest BCUT2D eigenvalue weighted by atomic mass is 19.1. The van der Waals surface area contributed by atoms with Crippen LogP contribution in [0, 0.1) is 5.82 Å². The standard InChI is InChI=1S/C11H11FN2O2/c1-2-13-7-10(15)14(11(13)16)9-6-4-3-5-8(9)12/h3-6H,2,7H2,1H3. The summed E-state index contributed by atoms with van der Waals surface area (Å²) in [5, 5.41) is 0. The van der Waals surface area contributed by atoms with Crippen LogP contribution in [0.1, 0.15) is 6.92 Å². The van der Waals surface area contributed by atoms with E-state index in [9.17, 15) is 14.0 Å². The van der Waals surface area contributed by atoms with Gasteiger partial charge in [0.1, 0.15) is 12.4 Å². The van der Waals surface area contributed by atoms with Gasteiger partial charge in [0.2, 0.25) is 0 Å². The molecule has 1 heterocycles. The largest absolute Gasteiger partial charge is 0.331 e. The van der Waals surface area contributed by atoms with Gasteiger partial charge >= 0.3 is 6.03 Å². The van der Waals surface area contributed by atoms with Crippen LogP contribution in [0.4, 0.5) is 14.9 Å². The van der Waals surface area contributed by atoms with Crippen molar-refractivity contribution in [2.24, 2.45) is 0 Å². The average Bonchev–Trinajstić information content (AvgIpc) is 2.55. The minimum Gasteiger partial charge on any atom is -0.315 e. The molecule has 1 aromatic rings. The number of urea groups is 1. The van der Waals surface area contributed by atoms with Gasteiger partial charge in [-0.25, -0.2) is 14.1 Å². The van der Waals surface area contributed by atoms with Crippen molar-refractivity contribution in [2.45, 2.75) is 6.92 Å². The fourth-order valence-corrected chi connectivity index (χ4v) is 1.67. The van der Waals surface area contributed by atoms with Gasteiger partial charge in [0.05, 0.1) is 5.69 Å². The summed E-state index contributed by atoms with van der Waals surface area (Å²) in [5.74, 6) is -0.959. The summed E-state index contributed by atoms with van der Waals surface area (Å²) in [5.41, 5.74) is 0.0217. The molecule has 1 saturated heterocycles. The molecule has 5 heteroatoms. The maximum absolute atomic E-state index is 13.5. The summed E-state index contributed by atoms with van der Waals surface area (Å²) in [7, 11) is 0. The molecule has 1 aliphatic heterocycles. The van der Waals surface area contributed by atoms with Crippen LogP contribution in [0.25, 0.3) is 0 Å². The first kappa shape index (κ1) is 10.6. The Labute approximate surface area is 92.3 Å². The highest BCUT2D eigenvalue weighted by Gasteiger charge is 2.37. The van der Waals surface area contributed by atoms with Crippen molar-refractivity contribution in [1.29, 1.82) is 0 Å². The molecule has 0 radical (unpaired) electrons. The van der Waals surface area contributed by atoms with E-state index < -0.39 is 17.8 Å². The van der Waals surface area contributed by atoms with Crippen LogP contribution < -0.4 is 4.90 Å². The topological polar surface area (TPSA) is 40.6 Å². The van der Waals surface area contributed by atoms with Crippen LogP contribution in [0.2, 0.25) is 0 Å². The lowest BCUT2D eigenvalue weighted by atomic mass is 10.3. The number of amides is 3. The molecule has 0 unspecified atom stereocenters. The first-order valence-electron chi connectivity index (χ1n) is 5.01. The SMILES string of the molecule is CCN1CC(=O)N(c2ccccc2F)C1=O. The highest BCUT2D eigenvalue weighted by Crippen LogP contribution is 2.23. The molecule has 0 N–H and O–H groups in total. The van der Waals surface area contributed by atoms with Gasteiger partial charge < -0.3 is 4.90 Å². The molecule has 1 aromatic carbocycles. The molecule has 1 fully saturated rings. The number of para-hydroxylation sites is 1. The smallest absolute Gasteiger partial charge is 0.315 e. The van der Waals surface area contributed by atoms with E-state index in [-0.39, 0.29) is 12.2 Å². The lowest BCUT2D eigenvalue weighted by Gasteiger charge is -2.15. The molecule has 0 bridgehead atoms. The molecule has 0 aliphatic carbocycles. The Morgan fingerprint density at radius 3 is 2.56 bits per heavy atom. The molecule has 84 valence electrons. The third kappa shape index (κ3) is 1.54. The van der Waals surface area contributed by atoms with Crippen molar-refractivity contribution in [3.63, 3.8) is 0 Å². The predicted octanol–water partition coefficient (Wildman–Crippen LogP) is 1.61. The number of likely N-dealkylation sites (N-methyl/N-ethyl adjacent to an activating group) is 1. The number of carbonyl (C=O) groups is 2. The number of hydrogen-bond acceptors (Lipinski definition) is 2. The van der Waals surface area contributed by atoms with E-state index in [1.54, 1.807) is 13.0 Å². The zero-order valence-electron chi connectivity index (χ0n) is 8.81. The second kappa shape index (κ2) is 3.92. The third-order valence-electron chi connectivity index (χ3n) is 2.51. The van der Waals surface area contributed by atoms with E-state index in [0.717, 1.165) is 4.90 Å². The molecule has 1 aliphatic rings. The van der Waals surface area contributed by atoms with Crippen molar-refractivity contribution >= 4 is 17.6 Å². The van der Waals surface area contributed by atoms with Gasteiger partial charge in [0.25, 0.3) is 5.91 Å². The number of nitrogens with zero attached hydrogens (tertiary/aromatic N) is 2. The van der Waals surface area contributed by atoms with E-state index >= 15 is 0 Å². The Balaban J connectivity index is 2.39. The Hall–Kier alpha value is -1.91. The van der Waals surface area contributed by atoms with Crippen molar-refractivity contribution in [2.75, 3.05) is 18.0 Å². The number of benzene rings is 1. The van der Waals surface area contributed by atoms with Gasteiger partial charge in [0.15, 0.2) is 0 Å². The van der Waals surface area contributed by atoms with Crippen LogP contribution in [0.3, 0.4) is 0 Å². The minimum atomic E-state index is -0.567. The molecule has 0 spiro atoms. The molecule has 0 aromatic heterocycles. The van der Waals surface area contributed by atoms with Crippen LogP contribution in [-0.4, -0.2) is 29.9 Å². The quantitative estimate of drug-likeness (QED) is 0.713. The summed E-state index contributed by atoms with van der Waals surface area (Å²) >= 11 is 0. The van der Waals surface area contributed by atoms with Gasteiger partial charge in [0, 0.05) is 6.54 Å². The molecule has 2 rings (SSSR count). The minimum absolute atomic E-state index is 0.0175. The summed E-state index contributed by atoms with van der Waals surface area (Å²) in [6.45, 7) is 2.23. The van der Waals surface area contributed by atoms with E-state index in [0.29, 0.717) is 6.54 Å². The van der Waals surface area contributed by atoms with Crippen LogP contribution in [-0.2, 0) is 4.79 Å². The van der Waals surface area contributed by atoms with Crippen LogP contribution in [0.15, 0.2) is 24.3 Å². The number of hydrogen-bond donors (Lipinski definition) is 0. The van der Waals surface area contributed by atoms with E-state index in [1.807, 2.05) is 0 Å².